The van der Waals surface area contributed by atoms with E-state index in [0.29, 0.717) is 6.61 Å². The molecule has 2 unspecified atom stereocenters. The molecule has 7 heteroatoms. The molecule has 1 aliphatic heterocycles. The summed E-state index contributed by atoms with van der Waals surface area (Å²) in [6.07, 6.45) is 10.6. The van der Waals surface area contributed by atoms with Gasteiger partial charge in [0.25, 0.3) is 0 Å². The molecule has 186 valence electrons. The molecule has 0 spiro atoms. The van der Waals surface area contributed by atoms with Crippen molar-refractivity contribution in [3.63, 3.8) is 0 Å². The Balaban J connectivity index is 1.32. The van der Waals surface area contributed by atoms with Gasteiger partial charge in [-0.2, -0.15) is 0 Å². The number of ether oxygens (including phenoxy) is 2. The molecule has 2 aromatic carbocycles. The number of nitrogens with zero attached hydrogens (tertiary/aromatic N) is 1. The zero-order valence-corrected chi connectivity index (χ0v) is 21.8. The molecule has 0 radical (unpaired) electrons. The second kappa shape index (κ2) is 11.1. The first-order valence-electron chi connectivity index (χ1n) is 12.5. The van der Waals surface area contributed by atoms with Gasteiger partial charge in [-0.15, -0.1) is 11.3 Å². The minimum absolute atomic E-state index is 0.226. The lowest BCUT2D eigenvalue weighted by Crippen LogP contribution is -2.33. The van der Waals surface area contributed by atoms with Gasteiger partial charge >= 0.3 is 0 Å². The molecule has 1 aliphatic carbocycles. The van der Waals surface area contributed by atoms with Crippen LogP contribution in [-0.4, -0.2) is 52.0 Å². The zero-order chi connectivity index (χ0) is 24.2. The first-order valence-corrected chi connectivity index (χ1v) is 14.9. The molecule has 0 amide bonds. The van der Waals surface area contributed by atoms with Crippen LogP contribution in [0.4, 0.5) is 0 Å². The quantitative estimate of drug-likeness (QED) is 0.370. The fourth-order valence-electron chi connectivity index (χ4n) is 4.89. The van der Waals surface area contributed by atoms with Crippen LogP contribution in [0.1, 0.15) is 43.4 Å². The van der Waals surface area contributed by atoms with E-state index in [9.17, 15) is 9.32 Å². The van der Waals surface area contributed by atoms with E-state index in [-0.39, 0.29) is 11.0 Å². The van der Waals surface area contributed by atoms with Gasteiger partial charge in [-0.1, -0.05) is 12.5 Å². The van der Waals surface area contributed by atoms with Crippen molar-refractivity contribution < 1.29 is 18.8 Å². The van der Waals surface area contributed by atoms with Gasteiger partial charge in [0.05, 0.1) is 4.88 Å². The number of thiophene rings is 1. The summed E-state index contributed by atoms with van der Waals surface area (Å²) in [4.78, 5) is 3.57. The highest BCUT2D eigenvalue weighted by Gasteiger charge is 2.23. The zero-order valence-electron chi connectivity index (χ0n) is 20.2. The van der Waals surface area contributed by atoms with Crippen molar-refractivity contribution >= 4 is 37.8 Å². The number of phenolic OH excluding ortho intramolecular Hbond substituents is 1. The summed E-state index contributed by atoms with van der Waals surface area (Å²) in [5, 5.41) is 11.2. The molecule has 2 aliphatic rings. The van der Waals surface area contributed by atoms with E-state index in [0.717, 1.165) is 58.0 Å². The van der Waals surface area contributed by atoms with Crippen LogP contribution in [0.3, 0.4) is 0 Å². The molecule has 35 heavy (non-hydrogen) atoms. The fraction of sp³-hybridized carbons (Fsp3) is 0.429. The number of allylic oxidation sites excluding steroid dienone is 2. The summed E-state index contributed by atoms with van der Waals surface area (Å²) in [6, 6.07) is 13.3. The lowest BCUT2D eigenvalue weighted by molar-refractivity contribution is 0.183. The Morgan fingerprint density at radius 2 is 1.86 bits per heavy atom. The number of piperidine rings is 1. The van der Waals surface area contributed by atoms with Gasteiger partial charge in [-0.3, -0.25) is 9.11 Å². The lowest BCUT2D eigenvalue weighted by Gasteiger charge is -2.26. The second-order valence-corrected chi connectivity index (χ2v) is 12.1. The van der Waals surface area contributed by atoms with E-state index in [4.69, 9.17) is 9.47 Å². The Bertz CT molecular complexity index is 1210. The van der Waals surface area contributed by atoms with Crippen molar-refractivity contribution in [2.45, 2.75) is 43.8 Å². The van der Waals surface area contributed by atoms with Gasteiger partial charge in [0, 0.05) is 38.9 Å². The molecule has 1 aromatic heterocycles. The molecule has 5 rings (SSSR count). The van der Waals surface area contributed by atoms with Crippen LogP contribution < -0.4 is 9.47 Å². The van der Waals surface area contributed by atoms with Crippen molar-refractivity contribution in [1.29, 1.82) is 0 Å². The Morgan fingerprint density at radius 1 is 1.09 bits per heavy atom. The smallest absolute Gasteiger partial charge is 0.153 e. The van der Waals surface area contributed by atoms with Crippen LogP contribution in [-0.2, 0) is 10.8 Å². The average Bonchev–Trinajstić information content (AvgIpc) is 3.23. The number of hydrogen-bond donors (Lipinski definition) is 1. The molecule has 1 saturated heterocycles. The standard InChI is InChI=1S/C28H33NO4S2/c1-35(31)24-12-5-20(6-13-24)28-27(25-14-7-21(30)19-26(25)34-28)33-23-10-8-22(9-11-23)32-18-17-29-15-3-2-4-16-29/h5,7-11,14,19,24,30H,2-4,6,12-13,15-18H2,1H3. The summed E-state index contributed by atoms with van der Waals surface area (Å²) in [5.74, 6) is 2.68. The first-order chi connectivity index (χ1) is 17.1. The predicted octanol–water partition coefficient (Wildman–Crippen LogP) is 6.58. The number of likely N-dealkylation sites (tertiary alicyclic amines) is 1. The molecule has 2 heterocycles. The SMILES string of the molecule is CS(=O)C1CC=C(c2sc3cc(O)ccc3c2Oc2ccc(OCCN3CCCCC3)cc2)CC1. The highest BCUT2D eigenvalue weighted by molar-refractivity contribution is 7.84. The van der Waals surface area contributed by atoms with E-state index < -0.39 is 10.8 Å². The van der Waals surface area contributed by atoms with Crippen LogP contribution in [0, 0.1) is 0 Å². The second-order valence-electron chi connectivity index (χ2n) is 9.39. The van der Waals surface area contributed by atoms with Crippen molar-refractivity contribution in [3.05, 3.63) is 53.4 Å². The molecule has 1 fully saturated rings. The maximum Gasteiger partial charge on any atom is 0.153 e. The highest BCUT2D eigenvalue weighted by atomic mass is 32.2. The summed E-state index contributed by atoms with van der Waals surface area (Å²) in [5.41, 5.74) is 1.24. The van der Waals surface area contributed by atoms with Crippen LogP contribution in [0.5, 0.6) is 23.0 Å². The van der Waals surface area contributed by atoms with Crippen molar-refractivity contribution in [2.24, 2.45) is 0 Å². The predicted molar refractivity (Wildman–Crippen MR) is 145 cm³/mol. The molecule has 3 aromatic rings. The third kappa shape index (κ3) is 5.90. The first kappa shape index (κ1) is 24.3. The van der Waals surface area contributed by atoms with Gasteiger partial charge < -0.3 is 14.6 Å². The Labute approximate surface area is 213 Å². The Kier molecular flexibility index (Phi) is 7.75. The number of aromatic hydroxyl groups is 1. The van der Waals surface area contributed by atoms with Crippen LogP contribution >= 0.6 is 11.3 Å². The van der Waals surface area contributed by atoms with Crippen molar-refractivity contribution in [3.8, 4) is 23.0 Å². The number of phenols is 1. The van der Waals surface area contributed by atoms with E-state index in [2.05, 4.69) is 11.0 Å². The molecule has 5 nitrogen and oxygen atoms in total. The number of rotatable bonds is 8. The molecule has 0 saturated carbocycles. The van der Waals surface area contributed by atoms with Gasteiger partial charge in [0.15, 0.2) is 5.75 Å². The molecule has 1 N–H and O–H groups in total. The minimum atomic E-state index is -0.805. The van der Waals surface area contributed by atoms with E-state index in [1.165, 1.54) is 37.9 Å². The average molecular weight is 512 g/mol. The van der Waals surface area contributed by atoms with E-state index >= 15 is 0 Å². The summed E-state index contributed by atoms with van der Waals surface area (Å²) in [7, 11) is -0.805. The number of fused-ring (bicyclic) bond motifs is 1. The maximum absolute atomic E-state index is 11.9. The third-order valence-electron chi connectivity index (χ3n) is 6.92. The van der Waals surface area contributed by atoms with Crippen molar-refractivity contribution in [1.82, 2.24) is 4.90 Å². The van der Waals surface area contributed by atoms with E-state index in [1.54, 1.807) is 29.7 Å². The molecular formula is C28H33NO4S2. The largest absolute Gasteiger partial charge is 0.508 e. The Morgan fingerprint density at radius 3 is 2.57 bits per heavy atom. The number of hydrogen-bond acceptors (Lipinski definition) is 6. The lowest BCUT2D eigenvalue weighted by atomic mass is 9.97. The summed E-state index contributed by atoms with van der Waals surface area (Å²) >= 11 is 1.64. The monoisotopic (exact) mass is 511 g/mol. The van der Waals surface area contributed by atoms with Gasteiger partial charge in [0.2, 0.25) is 0 Å². The van der Waals surface area contributed by atoms with Crippen LogP contribution in [0.2, 0.25) is 0 Å². The maximum atomic E-state index is 11.9. The topological polar surface area (TPSA) is 59.0 Å². The van der Waals surface area contributed by atoms with Crippen molar-refractivity contribution in [2.75, 3.05) is 32.5 Å². The van der Waals surface area contributed by atoms with Gasteiger partial charge in [-0.05, 0) is 93.2 Å². The Hall–Kier alpha value is -2.35. The van der Waals surface area contributed by atoms with Gasteiger partial charge in [0.1, 0.15) is 23.9 Å². The van der Waals surface area contributed by atoms with Crippen LogP contribution in [0.25, 0.3) is 15.7 Å². The number of benzene rings is 2. The third-order valence-corrected chi connectivity index (χ3v) is 9.50. The molecule has 0 bridgehead atoms. The summed E-state index contributed by atoms with van der Waals surface area (Å²) in [6.45, 7) is 4.02. The van der Waals surface area contributed by atoms with Gasteiger partial charge in [-0.25, -0.2) is 0 Å². The minimum Gasteiger partial charge on any atom is -0.508 e. The fourth-order valence-corrected chi connectivity index (χ4v) is 6.94. The van der Waals surface area contributed by atoms with Crippen LogP contribution in [0.15, 0.2) is 48.5 Å². The summed E-state index contributed by atoms with van der Waals surface area (Å²) < 4.78 is 25.3. The van der Waals surface area contributed by atoms with E-state index in [1.807, 2.05) is 30.3 Å². The molecular weight excluding hydrogens is 478 g/mol. The normalized spacial score (nSPS) is 19.9. The highest BCUT2D eigenvalue weighted by Crippen LogP contribution is 2.47. The molecule has 2 atom stereocenters.